The van der Waals surface area contributed by atoms with Gasteiger partial charge in [-0.05, 0) is 13.8 Å². The number of nitrogens with zero attached hydrogens (tertiary/aromatic N) is 4. The minimum absolute atomic E-state index is 0.0394. The molecule has 6 heteroatoms. The van der Waals surface area contributed by atoms with E-state index in [-0.39, 0.29) is 6.04 Å². The quantitative estimate of drug-likeness (QED) is 0.751. The van der Waals surface area contributed by atoms with Gasteiger partial charge in [-0.1, -0.05) is 0 Å². The zero-order valence-electron chi connectivity index (χ0n) is 8.51. The normalized spacial score (nSPS) is 13.0. The molecule has 0 spiro atoms. The lowest BCUT2D eigenvalue weighted by Crippen LogP contribution is -2.09. The molecule has 0 N–H and O–H groups in total. The van der Waals surface area contributed by atoms with E-state index >= 15 is 0 Å². The average molecular weight is 227 g/mol. The summed E-state index contributed by atoms with van der Waals surface area (Å²) in [5, 5.41) is 7.71. The van der Waals surface area contributed by atoms with Gasteiger partial charge in [-0.15, -0.1) is 21.8 Å². The van der Waals surface area contributed by atoms with Gasteiger partial charge < -0.3 is 8.98 Å². The highest BCUT2D eigenvalue weighted by Gasteiger charge is 2.16. The lowest BCUT2D eigenvalue weighted by molar-refractivity contribution is 0.411. The van der Waals surface area contributed by atoms with Gasteiger partial charge in [0.05, 0.1) is 12.1 Å². The summed E-state index contributed by atoms with van der Waals surface area (Å²) in [6.07, 6.45) is 3.32. The number of alkyl halides is 1. The van der Waals surface area contributed by atoms with E-state index in [4.69, 9.17) is 16.0 Å². The maximum Gasteiger partial charge on any atom is 0.217 e. The third-order valence-electron chi connectivity index (χ3n) is 2.18. The van der Waals surface area contributed by atoms with Crippen molar-refractivity contribution in [1.29, 1.82) is 0 Å². The van der Waals surface area contributed by atoms with Crippen molar-refractivity contribution in [2.24, 2.45) is 0 Å². The Morgan fingerprint density at radius 3 is 3.00 bits per heavy atom. The number of halogens is 1. The van der Waals surface area contributed by atoms with E-state index in [0.717, 1.165) is 5.76 Å². The van der Waals surface area contributed by atoms with Crippen molar-refractivity contribution in [1.82, 2.24) is 19.7 Å². The Balaban J connectivity index is 2.31. The molecule has 5 nitrogen and oxygen atoms in total. The minimum Gasteiger partial charge on any atom is -0.444 e. The Morgan fingerprint density at radius 2 is 2.40 bits per heavy atom. The number of oxazole rings is 1. The highest BCUT2D eigenvalue weighted by atomic mass is 35.5. The van der Waals surface area contributed by atoms with Crippen molar-refractivity contribution in [2.75, 3.05) is 0 Å². The Labute approximate surface area is 92.1 Å². The molecule has 0 saturated carbocycles. The van der Waals surface area contributed by atoms with Crippen LogP contribution in [0.5, 0.6) is 0 Å². The highest BCUT2D eigenvalue weighted by Crippen LogP contribution is 2.18. The van der Waals surface area contributed by atoms with Gasteiger partial charge in [0.1, 0.15) is 24.0 Å². The van der Waals surface area contributed by atoms with Gasteiger partial charge in [0.15, 0.2) is 0 Å². The molecule has 0 aromatic carbocycles. The van der Waals surface area contributed by atoms with Crippen LogP contribution in [-0.2, 0) is 5.88 Å². The van der Waals surface area contributed by atoms with Crippen molar-refractivity contribution >= 4 is 11.6 Å². The zero-order chi connectivity index (χ0) is 10.8. The van der Waals surface area contributed by atoms with Crippen LogP contribution in [-0.4, -0.2) is 19.7 Å². The first-order valence-corrected chi connectivity index (χ1v) is 5.12. The van der Waals surface area contributed by atoms with Crippen LogP contribution >= 0.6 is 11.6 Å². The maximum atomic E-state index is 5.74. The maximum absolute atomic E-state index is 5.74. The van der Waals surface area contributed by atoms with E-state index in [9.17, 15) is 0 Å². The molecule has 2 aromatic rings. The number of hydrogen-bond donors (Lipinski definition) is 0. The third-order valence-corrected chi connectivity index (χ3v) is 2.42. The van der Waals surface area contributed by atoms with Crippen LogP contribution in [0.4, 0.5) is 0 Å². The molecule has 0 saturated heterocycles. The summed E-state index contributed by atoms with van der Waals surface area (Å²) in [6.45, 7) is 3.82. The predicted octanol–water partition coefficient (Wildman–Crippen LogP) is 1.92. The predicted molar refractivity (Wildman–Crippen MR) is 54.6 cm³/mol. The molecule has 1 unspecified atom stereocenters. The first-order chi connectivity index (χ1) is 7.22. The second-order valence-corrected chi connectivity index (χ2v) is 3.54. The second kappa shape index (κ2) is 4.02. The van der Waals surface area contributed by atoms with Gasteiger partial charge in [0.2, 0.25) is 5.89 Å². The molecule has 0 bridgehead atoms. The molecule has 2 rings (SSSR count). The molecule has 1 atom stereocenters. The minimum atomic E-state index is -0.0394. The van der Waals surface area contributed by atoms with Crippen LogP contribution in [0, 0.1) is 6.92 Å². The molecule has 2 aromatic heterocycles. The van der Waals surface area contributed by atoms with Crippen LogP contribution in [0.2, 0.25) is 0 Å². The molecule has 0 aliphatic carbocycles. The molecular formula is C9H11ClN4O. The summed E-state index contributed by atoms with van der Waals surface area (Å²) in [7, 11) is 0. The van der Waals surface area contributed by atoms with Crippen molar-refractivity contribution < 1.29 is 4.42 Å². The largest absolute Gasteiger partial charge is 0.444 e. The van der Waals surface area contributed by atoms with E-state index in [2.05, 4.69) is 15.2 Å². The number of aryl methyl sites for hydroxylation is 1. The lowest BCUT2D eigenvalue weighted by Gasteiger charge is -2.10. The Morgan fingerprint density at radius 1 is 1.60 bits per heavy atom. The average Bonchev–Trinajstić information content (AvgIpc) is 2.84. The standard InChI is InChI=1S/C9H11ClN4O/c1-6-4-11-9(15-6)7(2)14-5-12-13-8(14)3-10/h4-5,7H,3H2,1-2H3. The smallest absolute Gasteiger partial charge is 0.217 e. The van der Waals surface area contributed by atoms with Gasteiger partial charge in [-0.25, -0.2) is 4.98 Å². The van der Waals surface area contributed by atoms with Gasteiger partial charge in [0, 0.05) is 0 Å². The van der Waals surface area contributed by atoms with Crippen LogP contribution in [0.15, 0.2) is 16.9 Å². The molecule has 0 radical (unpaired) electrons. The Hall–Kier alpha value is -1.36. The highest BCUT2D eigenvalue weighted by molar-refractivity contribution is 6.16. The van der Waals surface area contributed by atoms with Gasteiger partial charge >= 0.3 is 0 Å². The van der Waals surface area contributed by atoms with Crippen molar-refractivity contribution in [3.8, 4) is 0 Å². The van der Waals surface area contributed by atoms with Crippen molar-refractivity contribution in [3.05, 3.63) is 30.0 Å². The molecule has 2 heterocycles. The summed E-state index contributed by atoms with van der Waals surface area (Å²) >= 11 is 5.74. The van der Waals surface area contributed by atoms with E-state index < -0.39 is 0 Å². The fraction of sp³-hybridized carbons (Fsp3) is 0.444. The monoisotopic (exact) mass is 226 g/mol. The lowest BCUT2D eigenvalue weighted by atomic mass is 10.3. The summed E-state index contributed by atoms with van der Waals surface area (Å²) in [5.74, 6) is 2.46. The first kappa shape index (κ1) is 10.2. The molecule has 0 aliphatic rings. The third kappa shape index (κ3) is 1.87. The van der Waals surface area contributed by atoms with Crippen molar-refractivity contribution in [3.63, 3.8) is 0 Å². The van der Waals surface area contributed by atoms with Gasteiger partial charge in [-0.2, -0.15) is 0 Å². The second-order valence-electron chi connectivity index (χ2n) is 3.27. The molecular weight excluding hydrogens is 216 g/mol. The van der Waals surface area contributed by atoms with Crippen LogP contribution in [0.25, 0.3) is 0 Å². The fourth-order valence-corrected chi connectivity index (χ4v) is 1.56. The zero-order valence-corrected chi connectivity index (χ0v) is 9.27. The summed E-state index contributed by atoms with van der Waals surface area (Å²) in [4.78, 5) is 4.16. The molecule has 0 aliphatic heterocycles. The Bertz CT molecular complexity index is 450. The molecule has 15 heavy (non-hydrogen) atoms. The number of rotatable bonds is 3. The van der Waals surface area contributed by atoms with E-state index in [1.165, 1.54) is 0 Å². The van der Waals surface area contributed by atoms with Crippen LogP contribution in [0.3, 0.4) is 0 Å². The van der Waals surface area contributed by atoms with Crippen LogP contribution < -0.4 is 0 Å². The van der Waals surface area contributed by atoms with Gasteiger partial charge in [-0.3, -0.25) is 0 Å². The molecule has 0 amide bonds. The summed E-state index contributed by atoms with van der Waals surface area (Å²) in [5.41, 5.74) is 0. The summed E-state index contributed by atoms with van der Waals surface area (Å²) < 4.78 is 7.28. The van der Waals surface area contributed by atoms with Gasteiger partial charge in [0.25, 0.3) is 0 Å². The van der Waals surface area contributed by atoms with E-state index in [0.29, 0.717) is 17.6 Å². The topological polar surface area (TPSA) is 56.7 Å². The van der Waals surface area contributed by atoms with Crippen LogP contribution in [0.1, 0.15) is 30.4 Å². The molecule has 80 valence electrons. The van der Waals surface area contributed by atoms with E-state index in [1.807, 2.05) is 18.4 Å². The van der Waals surface area contributed by atoms with Crippen molar-refractivity contribution in [2.45, 2.75) is 25.8 Å². The fourth-order valence-electron chi connectivity index (χ4n) is 1.37. The summed E-state index contributed by atoms with van der Waals surface area (Å²) in [6, 6.07) is -0.0394. The van der Waals surface area contributed by atoms with E-state index in [1.54, 1.807) is 12.5 Å². The molecule has 0 fully saturated rings. The SMILES string of the molecule is Cc1cnc(C(C)n2cnnc2CCl)o1. The number of aromatic nitrogens is 4. The Kier molecular flexibility index (Phi) is 2.73. The first-order valence-electron chi connectivity index (χ1n) is 4.59. The number of hydrogen-bond acceptors (Lipinski definition) is 4.